The average Bonchev–Trinajstić information content (AvgIpc) is 2.57. The monoisotopic (exact) mass is 325 g/mol. The Labute approximate surface area is 144 Å². The van der Waals surface area contributed by atoms with Gasteiger partial charge in [0.1, 0.15) is 0 Å². The van der Waals surface area contributed by atoms with E-state index in [2.05, 4.69) is 34.3 Å². The van der Waals surface area contributed by atoms with Gasteiger partial charge in [-0.15, -0.1) is 0 Å². The minimum atomic E-state index is -0.317. The lowest BCUT2D eigenvalue weighted by Gasteiger charge is -2.57. The van der Waals surface area contributed by atoms with Crippen LogP contribution < -0.4 is 5.32 Å². The van der Waals surface area contributed by atoms with E-state index in [0.717, 1.165) is 29.9 Å². The summed E-state index contributed by atoms with van der Waals surface area (Å²) in [4.78, 5) is 11.1. The largest absolute Gasteiger partial charge is 0.466 e. The first-order valence-electron chi connectivity index (χ1n) is 9.24. The lowest BCUT2D eigenvalue weighted by Crippen LogP contribution is -2.58. The van der Waals surface area contributed by atoms with E-state index >= 15 is 0 Å². The highest BCUT2D eigenvalue weighted by atomic mass is 16.5. The van der Waals surface area contributed by atoms with Crippen molar-refractivity contribution in [3.05, 3.63) is 41.5 Å². The normalized spacial score (nSPS) is 34.0. The van der Waals surface area contributed by atoms with Crippen LogP contribution in [-0.2, 0) is 16.1 Å². The van der Waals surface area contributed by atoms with Gasteiger partial charge in [0, 0.05) is 18.2 Å². The van der Waals surface area contributed by atoms with Gasteiger partial charge in [-0.1, -0.05) is 24.3 Å². The number of carbonyl (C=O) groups is 1. The second-order valence-corrected chi connectivity index (χ2v) is 8.15. The Balaban J connectivity index is 1.36. The molecule has 0 saturated heterocycles. The van der Waals surface area contributed by atoms with Crippen molar-refractivity contribution in [3.8, 4) is 0 Å². The molecule has 3 nitrogen and oxygen atoms in total. The number of nitrogens with one attached hydrogen (secondary N) is 1. The van der Waals surface area contributed by atoms with Gasteiger partial charge < -0.3 is 10.1 Å². The summed E-state index contributed by atoms with van der Waals surface area (Å²) in [7, 11) is 1.39. The highest BCUT2D eigenvalue weighted by Crippen LogP contribution is 2.55. The maximum Gasteiger partial charge on any atom is 0.330 e. The molecule has 0 unspecified atom stereocenters. The third-order valence-electron chi connectivity index (χ3n) is 6.30. The standard InChI is InChI=1S/C21H27NO2/c1-24-20(23)7-6-15-2-4-16(5-3-15)14-22-21-11-17-8-18(12-21)10-19(9-17)13-21/h2-7,17-19,22H,8-14H2,1H3. The van der Waals surface area contributed by atoms with Crippen molar-refractivity contribution >= 4 is 12.0 Å². The minimum absolute atomic E-state index is 0.317. The molecule has 128 valence electrons. The number of ether oxygens (including phenoxy) is 1. The summed E-state index contributed by atoms with van der Waals surface area (Å²) in [5.41, 5.74) is 2.76. The van der Waals surface area contributed by atoms with Crippen LogP contribution >= 0.6 is 0 Å². The molecule has 0 aliphatic heterocycles. The molecule has 4 aliphatic carbocycles. The molecule has 1 aromatic carbocycles. The Bertz CT molecular complexity index is 596. The molecule has 4 bridgehead atoms. The van der Waals surface area contributed by atoms with E-state index in [0.29, 0.717) is 5.54 Å². The van der Waals surface area contributed by atoms with E-state index in [1.54, 1.807) is 6.08 Å². The van der Waals surface area contributed by atoms with Crippen LogP contribution in [0.2, 0.25) is 0 Å². The van der Waals surface area contributed by atoms with E-state index in [1.165, 1.54) is 57.3 Å². The fourth-order valence-corrected chi connectivity index (χ4v) is 5.60. The van der Waals surface area contributed by atoms with Crippen molar-refractivity contribution in [2.45, 2.75) is 50.6 Å². The van der Waals surface area contributed by atoms with Gasteiger partial charge >= 0.3 is 5.97 Å². The molecule has 24 heavy (non-hydrogen) atoms. The predicted molar refractivity (Wildman–Crippen MR) is 95.2 cm³/mol. The molecule has 5 rings (SSSR count). The first-order chi connectivity index (χ1) is 11.6. The fourth-order valence-electron chi connectivity index (χ4n) is 5.60. The van der Waals surface area contributed by atoms with E-state index in [9.17, 15) is 4.79 Å². The molecule has 1 aromatic rings. The zero-order chi connectivity index (χ0) is 16.6. The molecule has 0 atom stereocenters. The summed E-state index contributed by atoms with van der Waals surface area (Å²) in [6, 6.07) is 8.45. The maximum atomic E-state index is 11.1. The van der Waals surface area contributed by atoms with E-state index in [1.807, 2.05) is 0 Å². The van der Waals surface area contributed by atoms with E-state index < -0.39 is 0 Å². The summed E-state index contributed by atoms with van der Waals surface area (Å²) >= 11 is 0. The molecule has 4 saturated carbocycles. The van der Waals surface area contributed by atoms with Crippen molar-refractivity contribution < 1.29 is 9.53 Å². The minimum Gasteiger partial charge on any atom is -0.466 e. The molecular formula is C21H27NO2. The molecule has 0 heterocycles. The summed E-state index contributed by atoms with van der Waals surface area (Å²) < 4.78 is 4.62. The molecule has 0 radical (unpaired) electrons. The quantitative estimate of drug-likeness (QED) is 0.658. The first kappa shape index (κ1) is 15.9. The average molecular weight is 325 g/mol. The second-order valence-electron chi connectivity index (χ2n) is 8.15. The van der Waals surface area contributed by atoms with Crippen molar-refractivity contribution in [1.29, 1.82) is 0 Å². The third-order valence-corrected chi connectivity index (χ3v) is 6.30. The lowest BCUT2D eigenvalue weighted by atomic mass is 9.53. The number of hydrogen-bond donors (Lipinski definition) is 1. The molecule has 1 N–H and O–H groups in total. The number of benzene rings is 1. The van der Waals surface area contributed by atoms with Crippen LogP contribution in [0.3, 0.4) is 0 Å². The topological polar surface area (TPSA) is 38.3 Å². The molecule has 0 spiro atoms. The maximum absolute atomic E-state index is 11.1. The predicted octanol–water partition coefficient (Wildman–Crippen LogP) is 3.93. The van der Waals surface area contributed by atoms with Crippen LogP contribution in [0.1, 0.15) is 49.7 Å². The van der Waals surface area contributed by atoms with Gasteiger partial charge in [-0.05, 0) is 73.5 Å². The van der Waals surface area contributed by atoms with Gasteiger partial charge in [0.15, 0.2) is 0 Å². The van der Waals surface area contributed by atoms with E-state index in [-0.39, 0.29) is 5.97 Å². The highest BCUT2D eigenvalue weighted by Gasteiger charge is 2.50. The zero-order valence-corrected chi connectivity index (χ0v) is 14.5. The summed E-state index contributed by atoms with van der Waals surface area (Å²) in [5, 5.41) is 3.93. The van der Waals surface area contributed by atoms with Crippen LogP contribution in [0.25, 0.3) is 6.08 Å². The van der Waals surface area contributed by atoms with Crippen LogP contribution in [0, 0.1) is 17.8 Å². The fraction of sp³-hybridized carbons (Fsp3) is 0.571. The van der Waals surface area contributed by atoms with Crippen LogP contribution in [0.5, 0.6) is 0 Å². The van der Waals surface area contributed by atoms with Gasteiger partial charge in [-0.2, -0.15) is 0 Å². The van der Waals surface area contributed by atoms with Crippen LogP contribution in [-0.4, -0.2) is 18.6 Å². The summed E-state index contributed by atoms with van der Waals surface area (Å²) in [5.74, 6) is 2.63. The third kappa shape index (κ3) is 3.27. The molecule has 0 aromatic heterocycles. The Morgan fingerprint density at radius 1 is 1.12 bits per heavy atom. The number of carbonyl (C=O) groups excluding carboxylic acids is 1. The molecule has 0 amide bonds. The SMILES string of the molecule is COC(=O)C=Cc1ccc(CNC23CC4CC(CC(C4)C2)C3)cc1. The summed E-state index contributed by atoms with van der Waals surface area (Å²) in [6.07, 6.45) is 11.9. The highest BCUT2D eigenvalue weighted by molar-refractivity contribution is 5.86. The number of rotatable bonds is 5. The molecule has 3 heteroatoms. The smallest absolute Gasteiger partial charge is 0.330 e. The molecular weight excluding hydrogens is 298 g/mol. The van der Waals surface area contributed by atoms with Crippen LogP contribution in [0.4, 0.5) is 0 Å². The number of hydrogen-bond acceptors (Lipinski definition) is 3. The van der Waals surface area contributed by atoms with Crippen molar-refractivity contribution in [2.24, 2.45) is 17.8 Å². The van der Waals surface area contributed by atoms with Crippen LogP contribution in [0.15, 0.2) is 30.3 Å². The Morgan fingerprint density at radius 3 is 2.25 bits per heavy atom. The Kier molecular flexibility index (Phi) is 4.21. The first-order valence-corrected chi connectivity index (χ1v) is 9.24. The van der Waals surface area contributed by atoms with Gasteiger partial charge in [0.05, 0.1) is 7.11 Å². The zero-order valence-electron chi connectivity index (χ0n) is 14.5. The van der Waals surface area contributed by atoms with Gasteiger partial charge in [0.2, 0.25) is 0 Å². The lowest BCUT2D eigenvalue weighted by molar-refractivity contribution is -0.134. The Hall–Kier alpha value is -1.61. The van der Waals surface area contributed by atoms with Crippen molar-refractivity contribution in [2.75, 3.05) is 7.11 Å². The van der Waals surface area contributed by atoms with E-state index in [4.69, 9.17) is 0 Å². The second kappa shape index (κ2) is 6.36. The molecule has 4 fully saturated rings. The molecule has 4 aliphatic rings. The number of methoxy groups -OCH3 is 1. The van der Waals surface area contributed by atoms with Gasteiger partial charge in [0.25, 0.3) is 0 Å². The number of esters is 1. The van der Waals surface area contributed by atoms with Crippen molar-refractivity contribution in [1.82, 2.24) is 5.32 Å². The van der Waals surface area contributed by atoms with Gasteiger partial charge in [-0.25, -0.2) is 4.79 Å². The van der Waals surface area contributed by atoms with Crippen molar-refractivity contribution in [3.63, 3.8) is 0 Å². The van der Waals surface area contributed by atoms with Gasteiger partial charge in [-0.3, -0.25) is 0 Å². The Morgan fingerprint density at radius 2 is 1.71 bits per heavy atom. The summed E-state index contributed by atoms with van der Waals surface area (Å²) in [6.45, 7) is 0.952.